The molecule has 0 N–H and O–H groups in total. The van der Waals surface area contributed by atoms with Crippen LogP contribution in [-0.2, 0) is 0 Å². The molecule has 0 unspecified atom stereocenters. The summed E-state index contributed by atoms with van der Waals surface area (Å²) in [6.07, 6.45) is 0. The summed E-state index contributed by atoms with van der Waals surface area (Å²) in [5.74, 6) is 0.609. The molecule has 0 aliphatic rings. The van der Waals surface area contributed by atoms with E-state index in [9.17, 15) is 0 Å². The van der Waals surface area contributed by atoms with Crippen molar-refractivity contribution in [1.29, 1.82) is 0 Å². The molecule has 13 aromatic rings. The molecule has 0 aliphatic heterocycles. The Morgan fingerprint density at radius 3 is 1.75 bits per heavy atom. The van der Waals surface area contributed by atoms with Crippen LogP contribution in [0.4, 0.5) is 0 Å². The van der Waals surface area contributed by atoms with E-state index in [-0.39, 0.29) is 23.5 Å². The number of hydrogen-bond donors (Lipinski definition) is 0. The van der Waals surface area contributed by atoms with Gasteiger partial charge in [-0.1, -0.05) is 182 Å². The molecule has 0 saturated carbocycles. The lowest BCUT2D eigenvalue weighted by Gasteiger charge is -2.13. The number of para-hydroxylation sites is 2. The van der Waals surface area contributed by atoms with Crippen LogP contribution in [-0.4, -0.2) is 19.5 Å². The van der Waals surface area contributed by atoms with Crippen LogP contribution in [0.2, 0.25) is 0 Å². The van der Waals surface area contributed by atoms with E-state index in [2.05, 4.69) is 162 Å². The van der Waals surface area contributed by atoms with Gasteiger partial charge in [0.2, 0.25) is 0 Å². The van der Waals surface area contributed by atoms with Gasteiger partial charge >= 0.3 is 0 Å². The fraction of sp³-hybridized carbons (Fsp3) is 0. The van der Waals surface area contributed by atoms with Crippen LogP contribution in [0.1, 0.15) is 6.85 Å². The molecule has 3 aromatic heterocycles. The first kappa shape index (κ1) is 31.6. The lowest BCUT2D eigenvalue weighted by molar-refractivity contribution is 1.08. The van der Waals surface area contributed by atoms with Crippen molar-refractivity contribution in [3.63, 3.8) is 0 Å². The van der Waals surface area contributed by atoms with Gasteiger partial charge in [-0.25, -0.2) is 15.0 Å². The summed E-state index contributed by atoms with van der Waals surface area (Å²) in [6, 6.07) is 63.1. The highest BCUT2D eigenvalue weighted by Gasteiger charge is 2.22. The maximum absolute atomic E-state index is 9.11. The molecule has 13 rings (SSSR count). The fourth-order valence-electron chi connectivity index (χ4n) is 9.35. The largest absolute Gasteiger partial charge is 0.309 e. The minimum Gasteiger partial charge on any atom is -0.309 e. The zero-order valence-corrected chi connectivity index (χ0v) is 34.9. The monoisotopic (exact) mass is 837 g/mol. The quantitative estimate of drug-likeness (QED) is 0.157. The summed E-state index contributed by atoms with van der Waals surface area (Å²) >= 11 is 1.67. The second kappa shape index (κ2) is 14.7. The zero-order chi connectivity index (χ0) is 46.5. The van der Waals surface area contributed by atoms with Crippen LogP contribution in [0.15, 0.2) is 218 Å². The number of thiophene rings is 1. The molecule has 0 saturated heterocycles. The first-order valence-corrected chi connectivity index (χ1v) is 22.0. The third-order valence-corrected chi connectivity index (χ3v) is 13.6. The van der Waals surface area contributed by atoms with Crippen molar-refractivity contribution >= 4 is 74.9 Å². The average molecular weight is 838 g/mol. The van der Waals surface area contributed by atoms with Gasteiger partial charge in [-0.15, -0.1) is 11.3 Å². The van der Waals surface area contributed by atoms with Crippen molar-refractivity contribution in [3.05, 3.63) is 218 Å². The van der Waals surface area contributed by atoms with Gasteiger partial charge < -0.3 is 4.57 Å². The van der Waals surface area contributed by atoms with Crippen molar-refractivity contribution in [1.82, 2.24) is 19.5 Å². The number of nitrogens with zero attached hydrogens (tertiary/aromatic N) is 4. The molecule has 0 fully saturated rings. The Bertz CT molecular complexity index is 4200. The predicted octanol–water partition coefficient (Wildman–Crippen LogP) is 16.0. The van der Waals surface area contributed by atoms with Gasteiger partial charge in [0, 0.05) is 53.3 Å². The van der Waals surface area contributed by atoms with Gasteiger partial charge in [0.05, 0.1) is 17.9 Å². The number of rotatable bonds is 6. The third kappa shape index (κ3) is 5.93. The molecule has 0 bridgehead atoms. The highest BCUT2D eigenvalue weighted by atomic mass is 32.1. The molecule has 5 heteroatoms. The number of aromatic nitrogens is 4. The van der Waals surface area contributed by atoms with Crippen molar-refractivity contribution in [3.8, 4) is 62.1 Å². The predicted molar refractivity (Wildman–Crippen MR) is 269 cm³/mol. The first-order chi connectivity index (χ1) is 33.8. The highest BCUT2D eigenvalue weighted by Crippen LogP contribution is 2.46. The van der Waals surface area contributed by atoms with E-state index in [0.717, 1.165) is 97.0 Å². The molecule has 64 heavy (non-hydrogen) atoms. The lowest BCUT2D eigenvalue weighted by Crippen LogP contribution is -2.01. The molecule has 0 atom stereocenters. The second-order valence-electron chi connectivity index (χ2n) is 16.0. The van der Waals surface area contributed by atoms with Gasteiger partial charge in [-0.3, -0.25) is 0 Å². The number of fused-ring (bicyclic) bond motifs is 9. The SMILES string of the molecule is [2H]c1c([2H])c([2H])c(-c2nc(-c3ccc4ccc5ccccc5c4c3)nc(-c3cc(-n4c5ccccc5c5ccccc54)cc4c3sc3c(-c5cccc(-c6ccccc6)c5)cccc34)n2)c([2H])c1[2H]. The topological polar surface area (TPSA) is 43.6 Å². The molecule has 4 nitrogen and oxygen atoms in total. The molecular weight excluding hydrogens is 797 g/mol. The first-order valence-electron chi connectivity index (χ1n) is 23.7. The summed E-state index contributed by atoms with van der Waals surface area (Å²) in [5.41, 5.74) is 8.76. The zero-order valence-electron chi connectivity index (χ0n) is 39.1. The molecule has 0 aliphatic carbocycles. The Morgan fingerprint density at radius 1 is 0.359 bits per heavy atom. The molecule has 0 radical (unpaired) electrons. The Morgan fingerprint density at radius 2 is 0.953 bits per heavy atom. The summed E-state index contributed by atoms with van der Waals surface area (Å²) in [7, 11) is 0. The molecule has 0 spiro atoms. The van der Waals surface area contributed by atoms with Gasteiger partial charge in [-0.2, -0.15) is 0 Å². The minimum absolute atomic E-state index is 0.0139. The Hall–Kier alpha value is -8.25. The van der Waals surface area contributed by atoms with E-state index >= 15 is 0 Å². The van der Waals surface area contributed by atoms with Crippen LogP contribution >= 0.6 is 11.3 Å². The van der Waals surface area contributed by atoms with Crippen molar-refractivity contribution in [2.45, 2.75) is 0 Å². The standard InChI is InChI=1S/C59H36N4S/c1-3-15-37(16-4-1)41-20-13-21-42(33-41)46-25-14-26-49-51-35-44(63-53-27-11-9-23-47(53)48-24-10-12-28-54(48)63)36-52(56(51)64-55(46)49)59-61-57(40-18-5-2-6-19-40)60-58(62-59)43-32-31-39-30-29-38-17-7-8-22-45(38)50(39)34-43/h1-36H/i2D,5D,6D,18D,19D. The Balaban J connectivity index is 1.13. The fourth-order valence-corrected chi connectivity index (χ4v) is 10.7. The number of benzene rings is 10. The van der Waals surface area contributed by atoms with E-state index in [1.54, 1.807) is 11.3 Å². The number of hydrogen-bond acceptors (Lipinski definition) is 4. The molecule has 0 amide bonds. The smallest absolute Gasteiger partial charge is 0.165 e. The molecule has 298 valence electrons. The van der Waals surface area contributed by atoms with E-state index in [0.29, 0.717) is 17.2 Å². The summed E-state index contributed by atoms with van der Waals surface area (Å²) in [6.45, 7) is 0. The molecule has 10 aromatic carbocycles. The van der Waals surface area contributed by atoms with Crippen LogP contribution in [0.25, 0.3) is 126 Å². The van der Waals surface area contributed by atoms with E-state index in [4.69, 9.17) is 21.8 Å². The minimum atomic E-state index is -0.486. The summed E-state index contributed by atoms with van der Waals surface area (Å²) in [5, 5.41) is 8.57. The lowest BCUT2D eigenvalue weighted by atomic mass is 9.97. The third-order valence-electron chi connectivity index (χ3n) is 12.3. The van der Waals surface area contributed by atoms with Crippen LogP contribution in [0.5, 0.6) is 0 Å². The Kier molecular flexibility index (Phi) is 7.25. The molecular formula is C59H36N4S. The second-order valence-corrected chi connectivity index (χ2v) is 17.0. The Labute approximate surface area is 380 Å². The maximum Gasteiger partial charge on any atom is 0.165 e. The van der Waals surface area contributed by atoms with Crippen LogP contribution in [0, 0.1) is 0 Å². The van der Waals surface area contributed by atoms with Gasteiger partial charge in [0.1, 0.15) is 0 Å². The van der Waals surface area contributed by atoms with Gasteiger partial charge in [0.25, 0.3) is 0 Å². The highest BCUT2D eigenvalue weighted by molar-refractivity contribution is 7.26. The van der Waals surface area contributed by atoms with Crippen molar-refractivity contribution < 1.29 is 6.85 Å². The average Bonchev–Trinajstić information content (AvgIpc) is 3.95. The van der Waals surface area contributed by atoms with Crippen LogP contribution < -0.4 is 0 Å². The molecule has 3 heterocycles. The van der Waals surface area contributed by atoms with E-state index < -0.39 is 18.1 Å². The van der Waals surface area contributed by atoms with E-state index in [1.807, 2.05) is 30.3 Å². The van der Waals surface area contributed by atoms with Crippen LogP contribution in [0.3, 0.4) is 0 Å². The van der Waals surface area contributed by atoms with Crippen molar-refractivity contribution in [2.75, 3.05) is 0 Å². The maximum atomic E-state index is 9.11. The van der Waals surface area contributed by atoms with Gasteiger partial charge in [0.15, 0.2) is 17.5 Å². The van der Waals surface area contributed by atoms with Gasteiger partial charge in [-0.05, 0) is 80.2 Å². The normalized spacial score (nSPS) is 12.8. The summed E-state index contributed by atoms with van der Waals surface area (Å²) < 4.78 is 48.3. The van der Waals surface area contributed by atoms with Crippen molar-refractivity contribution in [2.24, 2.45) is 0 Å². The van der Waals surface area contributed by atoms with E-state index in [1.165, 1.54) is 0 Å². The summed E-state index contributed by atoms with van der Waals surface area (Å²) in [4.78, 5) is 15.5.